The SMILES string of the molecule is CCCCCOc1cc[nH]c(=O)c1Cc1cccnc1. The summed E-state index contributed by atoms with van der Waals surface area (Å²) in [6.45, 7) is 2.80. The van der Waals surface area contributed by atoms with Gasteiger partial charge in [0.25, 0.3) is 5.56 Å². The quantitative estimate of drug-likeness (QED) is 0.788. The molecule has 2 aromatic rings. The van der Waals surface area contributed by atoms with Crippen molar-refractivity contribution in [2.75, 3.05) is 6.61 Å². The van der Waals surface area contributed by atoms with Crippen LogP contribution >= 0.6 is 0 Å². The highest BCUT2D eigenvalue weighted by molar-refractivity contribution is 5.34. The molecule has 0 fully saturated rings. The molecule has 0 aromatic carbocycles. The van der Waals surface area contributed by atoms with Gasteiger partial charge >= 0.3 is 0 Å². The van der Waals surface area contributed by atoms with Crippen LogP contribution in [-0.4, -0.2) is 16.6 Å². The van der Waals surface area contributed by atoms with Crippen LogP contribution in [0.25, 0.3) is 0 Å². The molecule has 0 spiro atoms. The van der Waals surface area contributed by atoms with Gasteiger partial charge in [0.1, 0.15) is 5.75 Å². The Morgan fingerprint density at radius 1 is 1.30 bits per heavy atom. The van der Waals surface area contributed by atoms with Crippen molar-refractivity contribution in [2.45, 2.75) is 32.6 Å². The molecule has 2 rings (SSSR count). The van der Waals surface area contributed by atoms with Crippen LogP contribution in [0.3, 0.4) is 0 Å². The van der Waals surface area contributed by atoms with E-state index in [2.05, 4.69) is 16.9 Å². The molecule has 106 valence electrons. The van der Waals surface area contributed by atoms with E-state index in [0.717, 1.165) is 24.8 Å². The number of nitrogens with zero attached hydrogens (tertiary/aromatic N) is 1. The minimum absolute atomic E-state index is 0.0955. The van der Waals surface area contributed by atoms with Gasteiger partial charge in [0.15, 0.2) is 0 Å². The first-order valence-electron chi connectivity index (χ1n) is 7.03. The molecule has 0 bridgehead atoms. The van der Waals surface area contributed by atoms with E-state index in [1.807, 2.05) is 18.2 Å². The third-order valence-corrected chi connectivity index (χ3v) is 3.13. The van der Waals surface area contributed by atoms with Crippen LogP contribution in [0.1, 0.15) is 37.3 Å². The normalized spacial score (nSPS) is 10.4. The fraction of sp³-hybridized carbons (Fsp3) is 0.375. The van der Waals surface area contributed by atoms with Gasteiger partial charge in [-0.15, -0.1) is 0 Å². The van der Waals surface area contributed by atoms with Gasteiger partial charge in [-0.25, -0.2) is 0 Å². The molecular formula is C16H20N2O2. The fourth-order valence-corrected chi connectivity index (χ4v) is 2.04. The first kappa shape index (κ1) is 14.3. The van der Waals surface area contributed by atoms with Crippen molar-refractivity contribution in [3.8, 4) is 5.75 Å². The average molecular weight is 272 g/mol. The van der Waals surface area contributed by atoms with Gasteiger partial charge in [-0.2, -0.15) is 0 Å². The Labute approximate surface area is 118 Å². The van der Waals surface area contributed by atoms with E-state index in [9.17, 15) is 4.79 Å². The molecule has 0 unspecified atom stereocenters. The largest absolute Gasteiger partial charge is 0.493 e. The van der Waals surface area contributed by atoms with Crippen molar-refractivity contribution in [2.24, 2.45) is 0 Å². The van der Waals surface area contributed by atoms with Crippen molar-refractivity contribution < 1.29 is 4.74 Å². The monoisotopic (exact) mass is 272 g/mol. The lowest BCUT2D eigenvalue weighted by Gasteiger charge is -2.10. The van der Waals surface area contributed by atoms with E-state index >= 15 is 0 Å². The van der Waals surface area contributed by atoms with E-state index in [1.54, 1.807) is 18.6 Å². The predicted molar refractivity (Wildman–Crippen MR) is 79.1 cm³/mol. The molecular weight excluding hydrogens is 252 g/mol. The number of aromatic nitrogens is 2. The van der Waals surface area contributed by atoms with Gasteiger partial charge in [-0.1, -0.05) is 25.8 Å². The van der Waals surface area contributed by atoms with Gasteiger partial charge in [0.2, 0.25) is 0 Å². The molecule has 2 heterocycles. The summed E-state index contributed by atoms with van der Waals surface area (Å²) >= 11 is 0. The number of rotatable bonds is 7. The first-order chi connectivity index (χ1) is 9.81. The highest BCUT2D eigenvalue weighted by Gasteiger charge is 2.09. The van der Waals surface area contributed by atoms with Crippen LogP contribution in [0.5, 0.6) is 5.75 Å². The van der Waals surface area contributed by atoms with Crippen LogP contribution in [0, 0.1) is 0 Å². The molecule has 0 saturated carbocycles. The zero-order valence-corrected chi connectivity index (χ0v) is 11.8. The van der Waals surface area contributed by atoms with Crippen LogP contribution < -0.4 is 10.3 Å². The fourth-order valence-electron chi connectivity index (χ4n) is 2.04. The Balaban J connectivity index is 2.12. The van der Waals surface area contributed by atoms with E-state index in [0.29, 0.717) is 24.3 Å². The van der Waals surface area contributed by atoms with Gasteiger partial charge < -0.3 is 9.72 Å². The third-order valence-electron chi connectivity index (χ3n) is 3.13. The Bertz CT molecular complexity index is 579. The number of H-pyrrole nitrogens is 1. The molecule has 1 N–H and O–H groups in total. The lowest BCUT2D eigenvalue weighted by Crippen LogP contribution is -2.15. The molecule has 0 aliphatic rings. The second-order valence-corrected chi connectivity index (χ2v) is 4.74. The number of pyridine rings is 2. The Morgan fingerprint density at radius 3 is 2.95 bits per heavy atom. The maximum absolute atomic E-state index is 12.0. The van der Waals surface area contributed by atoms with Crippen molar-refractivity contribution in [1.82, 2.24) is 9.97 Å². The summed E-state index contributed by atoms with van der Waals surface area (Å²) in [4.78, 5) is 18.8. The van der Waals surface area contributed by atoms with Crippen molar-refractivity contribution >= 4 is 0 Å². The second-order valence-electron chi connectivity index (χ2n) is 4.74. The van der Waals surface area contributed by atoms with Gasteiger partial charge in [0.05, 0.1) is 12.2 Å². The Kier molecular flexibility index (Phi) is 5.35. The Morgan fingerprint density at radius 2 is 2.20 bits per heavy atom. The van der Waals surface area contributed by atoms with Crippen LogP contribution in [-0.2, 0) is 6.42 Å². The highest BCUT2D eigenvalue weighted by Crippen LogP contribution is 2.17. The van der Waals surface area contributed by atoms with Gasteiger partial charge in [-0.3, -0.25) is 9.78 Å². The number of aromatic amines is 1. The standard InChI is InChI=1S/C16H20N2O2/c1-2-3-4-10-20-15-7-9-18-16(19)14(15)11-13-6-5-8-17-12-13/h5-9,12H,2-4,10-11H2,1H3,(H,18,19). The van der Waals surface area contributed by atoms with E-state index in [1.165, 1.54) is 0 Å². The molecule has 0 saturated heterocycles. The smallest absolute Gasteiger partial charge is 0.255 e. The summed E-state index contributed by atoms with van der Waals surface area (Å²) in [5, 5.41) is 0. The first-order valence-corrected chi connectivity index (χ1v) is 7.03. The highest BCUT2D eigenvalue weighted by atomic mass is 16.5. The molecule has 20 heavy (non-hydrogen) atoms. The van der Waals surface area contributed by atoms with Crippen LogP contribution in [0.2, 0.25) is 0 Å². The summed E-state index contributed by atoms with van der Waals surface area (Å²) in [6.07, 6.45) is 8.96. The van der Waals surface area contributed by atoms with E-state index < -0.39 is 0 Å². The third kappa shape index (κ3) is 3.95. The summed E-state index contributed by atoms with van der Waals surface area (Å²) < 4.78 is 5.75. The topological polar surface area (TPSA) is 55.0 Å². The van der Waals surface area contributed by atoms with Crippen molar-refractivity contribution in [3.05, 3.63) is 58.3 Å². The molecule has 0 amide bonds. The van der Waals surface area contributed by atoms with Crippen LogP contribution in [0.4, 0.5) is 0 Å². The van der Waals surface area contributed by atoms with Crippen molar-refractivity contribution in [3.63, 3.8) is 0 Å². The Hall–Kier alpha value is -2.10. The predicted octanol–water partition coefficient (Wildman–Crippen LogP) is 2.93. The van der Waals surface area contributed by atoms with Gasteiger partial charge in [0, 0.05) is 25.0 Å². The molecule has 0 aliphatic heterocycles. The molecule has 0 radical (unpaired) electrons. The number of hydrogen-bond acceptors (Lipinski definition) is 3. The number of nitrogens with one attached hydrogen (secondary N) is 1. The molecule has 0 aliphatic carbocycles. The van der Waals surface area contributed by atoms with E-state index in [-0.39, 0.29) is 5.56 Å². The minimum atomic E-state index is -0.0955. The second kappa shape index (κ2) is 7.48. The zero-order chi connectivity index (χ0) is 14.2. The zero-order valence-electron chi connectivity index (χ0n) is 11.8. The molecule has 4 heteroatoms. The number of ether oxygens (including phenoxy) is 1. The van der Waals surface area contributed by atoms with Gasteiger partial charge in [-0.05, 0) is 24.1 Å². The maximum Gasteiger partial charge on any atom is 0.255 e. The molecule has 4 nitrogen and oxygen atoms in total. The van der Waals surface area contributed by atoms with E-state index in [4.69, 9.17) is 4.74 Å². The summed E-state index contributed by atoms with van der Waals surface area (Å²) in [5.74, 6) is 0.675. The summed E-state index contributed by atoms with van der Waals surface area (Å²) in [5.41, 5.74) is 1.57. The van der Waals surface area contributed by atoms with Crippen LogP contribution in [0.15, 0.2) is 41.6 Å². The lowest BCUT2D eigenvalue weighted by molar-refractivity contribution is 0.303. The number of hydrogen-bond donors (Lipinski definition) is 1. The minimum Gasteiger partial charge on any atom is -0.493 e. The lowest BCUT2D eigenvalue weighted by atomic mass is 10.1. The summed E-state index contributed by atoms with van der Waals surface area (Å²) in [6, 6.07) is 5.65. The molecule has 0 atom stereocenters. The maximum atomic E-state index is 12.0. The average Bonchev–Trinajstić information content (AvgIpc) is 2.48. The molecule has 2 aromatic heterocycles. The van der Waals surface area contributed by atoms with Crippen molar-refractivity contribution in [1.29, 1.82) is 0 Å². The summed E-state index contributed by atoms with van der Waals surface area (Å²) in [7, 11) is 0. The number of unbranched alkanes of at least 4 members (excludes halogenated alkanes) is 2.